The molecule has 1 aliphatic carbocycles. The number of halogens is 2. The third-order valence-electron chi connectivity index (χ3n) is 8.90. The predicted molar refractivity (Wildman–Crippen MR) is 165 cm³/mol. The van der Waals surface area contributed by atoms with Gasteiger partial charge in [0.05, 0.1) is 16.1 Å². The molecule has 0 unspecified atom stereocenters. The van der Waals surface area contributed by atoms with E-state index >= 15 is 4.39 Å². The Morgan fingerprint density at radius 3 is 2.48 bits per heavy atom. The van der Waals surface area contributed by atoms with E-state index in [1.165, 1.54) is 30.6 Å². The number of aromatic nitrogens is 5. The van der Waals surface area contributed by atoms with Gasteiger partial charge >= 0.3 is 0 Å². The molecule has 0 bridgehead atoms. The molecule has 4 heterocycles. The monoisotopic (exact) mass is 639 g/mol. The van der Waals surface area contributed by atoms with E-state index in [1.807, 2.05) is 6.20 Å². The summed E-state index contributed by atoms with van der Waals surface area (Å²) in [6.07, 6.45) is 7.60. The number of nitrogen functional groups attached to an aromatic ring is 1. The SMILES string of the molecule is CN1CCN(C2CCC(n3cc(-c4ccc(NS(=O)(=O)c5ccc(Cl)c6nonc56)c(F)c4)c4c(N)ncnc43)CC2)CC1. The van der Waals surface area contributed by atoms with Crippen molar-refractivity contribution in [2.75, 3.05) is 43.7 Å². The standard InChI is InChI=1S/C29H31ClFN9O3S/c1-38-10-12-39(13-11-38)18-3-5-19(6-4-18)40-15-20(25-28(32)33-16-34-29(25)40)17-2-8-23(22(31)14-17)37-44(41,42)24-9-7-21(30)26-27(24)36-43-35-26/h2,7-9,14-16,18-19,37H,3-6,10-13H2,1H3,(H2,32,33,34). The molecule has 1 saturated heterocycles. The fourth-order valence-electron chi connectivity index (χ4n) is 6.49. The normalized spacial score (nSPS) is 20.4. The zero-order chi connectivity index (χ0) is 30.6. The van der Waals surface area contributed by atoms with E-state index in [1.54, 1.807) is 6.07 Å². The molecule has 15 heteroatoms. The van der Waals surface area contributed by atoms with E-state index in [2.05, 4.69) is 51.0 Å². The van der Waals surface area contributed by atoms with Crippen LogP contribution in [-0.2, 0) is 10.0 Å². The summed E-state index contributed by atoms with van der Waals surface area (Å²) < 4.78 is 51.1. The van der Waals surface area contributed by atoms with Crippen LogP contribution in [0.25, 0.3) is 33.2 Å². The van der Waals surface area contributed by atoms with Gasteiger partial charge in [0, 0.05) is 50.0 Å². The van der Waals surface area contributed by atoms with Crippen molar-refractivity contribution in [1.82, 2.24) is 34.6 Å². The number of hydrogen-bond acceptors (Lipinski definition) is 10. The molecular weight excluding hydrogens is 609 g/mol. The summed E-state index contributed by atoms with van der Waals surface area (Å²) in [4.78, 5) is 13.5. The highest BCUT2D eigenvalue weighted by atomic mass is 35.5. The lowest BCUT2D eigenvalue weighted by molar-refractivity contribution is 0.0828. The number of nitrogens with two attached hydrogens (primary N) is 1. The van der Waals surface area contributed by atoms with Gasteiger partial charge in [0.25, 0.3) is 10.0 Å². The van der Waals surface area contributed by atoms with E-state index in [-0.39, 0.29) is 32.7 Å². The lowest BCUT2D eigenvalue weighted by Crippen LogP contribution is -2.49. The number of likely N-dealkylation sites (N-methyl/N-ethyl adjacent to an activating group) is 1. The van der Waals surface area contributed by atoms with Crippen molar-refractivity contribution < 1.29 is 17.4 Å². The van der Waals surface area contributed by atoms with Crippen LogP contribution in [0, 0.1) is 5.82 Å². The minimum Gasteiger partial charge on any atom is -0.383 e. The number of piperazine rings is 1. The van der Waals surface area contributed by atoms with Crippen molar-refractivity contribution in [2.24, 2.45) is 0 Å². The number of hydrogen-bond donors (Lipinski definition) is 2. The summed E-state index contributed by atoms with van der Waals surface area (Å²) in [6.45, 7) is 4.40. The van der Waals surface area contributed by atoms with Gasteiger partial charge in [-0.3, -0.25) is 9.62 Å². The molecule has 0 amide bonds. The van der Waals surface area contributed by atoms with Gasteiger partial charge in [0.1, 0.15) is 28.5 Å². The highest BCUT2D eigenvalue weighted by molar-refractivity contribution is 7.93. The Labute approximate surface area is 258 Å². The second kappa shape index (κ2) is 11.3. The topological polar surface area (TPSA) is 148 Å². The Hall–Kier alpha value is -3.85. The molecule has 5 aromatic rings. The van der Waals surface area contributed by atoms with Crippen LogP contribution in [0.2, 0.25) is 5.02 Å². The van der Waals surface area contributed by atoms with Crippen LogP contribution >= 0.6 is 11.6 Å². The van der Waals surface area contributed by atoms with Crippen molar-refractivity contribution in [1.29, 1.82) is 0 Å². The lowest BCUT2D eigenvalue weighted by atomic mass is 9.89. The third-order valence-corrected chi connectivity index (χ3v) is 10.6. The van der Waals surface area contributed by atoms with Crippen molar-refractivity contribution in [3.8, 4) is 11.1 Å². The van der Waals surface area contributed by atoms with Gasteiger partial charge in [-0.25, -0.2) is 27.4 Å². The summed E-state index contributed by atoms with van der Waals surface area (Å²) in [6, 6.07) is 7.73. The Balaban J connectivity index is 1.16. The predicted octanol–water partition coefficient (Wildman–Crippen LogP) is 4.54. The van der Waals surface area contributed by atoms with Crippen molar-refractivity contribution >= 4 is 55.2 Å². The summed E-state index contributed by atoms with van der Waals surface area (Å²) in [5.41, 5.74) is 8.06. The number of benzene rings is 2. The van der Waals surface area contributed by atoms with Gasteiger partial charge in [-0.15, -0.1) is 0 Å². The van der Waals surface area contributed by atoms with Crippen LogP contribution in [-0.4, -0.2) is 82.3 Å². The van der Waals surface area contributed by atoms with Crippen LogP contribution in [0.3, 0.4) is 0 Å². The highest BCUT2D eigenvalue weighted by Crippen LogP contribution is 2.40. The van der Waals surface area contributed by atoms with E-state index in [9.17, 15) is 8.42 Å². The van der Waals surface area contributed by atoms with Gasteiger partial charge in [-0.2, -0.15) is 0 Å². The van der Waals surface area contributed by atoms with Crippen molar-refractivity contribution in [3.63, 3.8) is 0 Å². The summed E-state index contributed by atoms with van der Waals surface area (Å²) in [7, 11) is -2.08. The highest BCUT2D eigenvalue weighted by Gasteiger charge is 2.30. The molecule has 3 N–H and O–H groups in total. The second-order valence-electron chi connectivity index (χ2n) is 11.5. The maximum Gasteiger partial charge on any atom is 0.264 e. The number of sulfonamides is 1. The first kappa shape index (κ1) is 28.9. The van der Waals surface area contributed by atoms with Gasteiger partial charge in [0.15, 0.2) is 11.0 Å². The smallest absolute Gasteiger partial charge is 0.264 e. The molecular formula is C29H31ClFN9O3S. The molecule has 0 spiro atoms. The van der Waals surface area contributed by atoms with Crippen molar-refractivity contribution in [2.45, 2.75) is 42.7 Å². The summed E-state index contributed by atoms with van der Waals surface area (Å²) in [5, 5.41) is 8.13. The first-order chi connectivity index (χ1) is 21.2. The van der Waals surface area contributed by atoms with Crippen LogP contribution in [0.1, 0.15) is 31.7 Å². The van der Waals surface area contributed by atoms with Crippen molar-refractivity contribution in [3.05, 3.63) is 53.7 Å². The molecule has 12 nitrogen and oxygen atoms in total. The first-order valence-electron chi connectivity index (χ1n) is 14.5. The Morgan fingerprint density at radius 2 is 1.73 bits per heavy atom. The van der Waals surface area contributed by atoms with Crippen LogP contribution in [0.15, 0.2) is 52.4 Å². The number of nitrogens with zero attached hydrogens (tertiary/aromatic N) is 7. The second-order valence-corrected chi connectivity index (χ2v) is 13.6. The van der Waals surface area contributed by atoms with Gasteiger partial charge in [0.2, 0.25) is 0 Å². The quantitative estimate of drug-likeness (QED) is 0.271. The van der Waals surface area contributed by atoms with Crippen LogP contribution in [0.5, 0.6) is 0 Å². The average molecular weight is 640 g/mol. The van der Waals surface area contributed by atoms with E-state index in [0.717, 1.165) is 51.9 Å². The number of anilines is 2. The molecule has 2 aliphatic rings. The minimum absolute atomic E-state index is 0.0529. The molecule has 44 heavy (non-hydrogen) atoms. The molecule has 2 aromatic carbocycles. The summed E-state index contributed by atoms with van der Waals surface area (Å²) in [5.74, 6) is -0.466. The van der Waals surface area contributed by atoms with E-state index in [4.69, 9.17) is 17.3 Å². The van der Waals surface area contributed by atoms with Crippen LogP contribution < -0.4 is 10.5 Å². The Bertz CT molecular complexity index is 1970. The number of nitrogens with one attached hydrogen (secondary N) is 1. The Morgan fingerprint density at radius 1 is 1.00 bits per heavy atom. The van der Waals surface area contributed by atoms with Crippen LogP contribution in [0.4, 0.5) is 15.9 Å². The average Bonchev–Trinajstić information content (AvgIpc) is 3.66. The summed E-state index contributed by atoms with van der Waals surface area (Å²) >= 11 is 6.07. The molecule has 230 valence electrons. The molecule has 1 saturated carbocycles. The zero-order valence-corrected chi connectivity index (χ0v) is 25.5. The largest absolute Gasteiger partial charge is 0.383 e. The minimum atomic E-state index is -4.26. The molecule has 7 rings (SSSR count). The molecule has 0 atom stereocenters. The lowest BCUT2D eigenvalue weighted by Gasteiger charge is -2.41. The maximum absolute atomic E-state index is 15.5. The molecule has 2 fully saturated rings. The van der Waals surface area contributed by atoms with E-state index in [0.29, 0.717) is 34.0 Å². The zero-order valence-electron chi connectivity index (χ0n) is 23.9. The van der Waals surface area contributed by atoms with Gasteiger partial charge in [-0.05, 0) is 72.9 Å². The molecule has 3 aromatic heterocycles. The Kier molecular flexibility index (Phi) is 7.39. The number of fused-ring (bicyclic) bond motifs is 2. The first-order valence-corrected chi connectivity index (χ1v) is 16.3. The van der Waals surface area contributed by atoms with Gasteiger partial charge < -0.3 is 15.2 Å². The van der Waals surface area contributed by atoms with Gasteiger partial charge in [-0.1, -0.05) is 17.7 Å². The molecule has 0 radical (unpaired) electrons. The fraction of sp³-hybridized carbons (Fsp3) is 0.379. The third kappa shape index (κ3) is 5.15. The molecule has 1 aliphatic heterocycles. The number of rotatable bonds is 6. The van der Waals surface area contributed by atoms with E-state index < -0.39 is 15.8 Å². The maximum atomic E-state index is 15.5. The fourth-order valence-corrected chi connectivity index (χ4v) is 7.88.